The maximum Gasteiger partial charge on any atom is 0.260 e. The summed E-state index contributed by atoms with van der Waals surface area (Å²) in [5.74, 6) is 1.17. The molecule has 16 heavy (non-hydrogen) atoms. The van der Waals surface area contributed by atoms with Crippen molar-refractivity contribution < 1.29 is 4.52 Å². The first-order valence-electron chi connectivity index (χ1n) is 4.90. The molecule has 0 fully saturated rings. The molecule has 0 saturated heterocycles. The van der Waals surface area contributed by atoms with Crippen LogP contribution >= 0.6 is 11.3 Å². The minimum absolute atomic E-state index is 0.499. The van der Waals surface area contributed by atoms with Crippen LogP contribution in [0.5, 0.6) is 0 Å². The standard InChI is InChI=1S/C10H14N4OS/c1-6-4-7(9(11)16-6)10-12-8(13-15-10)5-14(2)3/h4H,5,11H2,1-3H3. The monoisotopic (exact) mass is 238 g/mol. The van der Waals surface area contributed by atoms with Gasteiger partial charge >= 0.3 is 0 Å². The van der Waals surface area contributed by atoms with Crippen molar-refractivity contribution in [2.75, 3.05) is 19.8 Å². The molecule has 0 aromatic carbocycles. The van der Waals surface area contributed by atoms with Gasteiger partial charge in [-0.05, 0) is 27.1 Å². The lowest BCUT2D eigenvalue weighted by Gasteiger charge is -2.03. The normalized spacial score (nSPS) is 11.2. The van der Waals surface area contributed by atoms with E-state index in [4.69, 9.17) is 10.3 Å². The highest BCUT2D eigenvalue weighted by molar-refractivity contribution is 7.16. The molecule has 0 radical (unpaired) electrons. The Hall–Kier alpha value is -1.40. The van der Waals surface area contributed by atoms with E-state index in [1.54, 1.807) is 0 Å². The van der Waals surface area contributed by atoms with Crippen molar-refractivity contribution in [3.8, 4) is 11.5 Å². The summed E-state index contributed by atoms with van der Waals surface area (Å²) in [7, 11) is 3.91. The third-order valence-electron chi connectivity index (χ3n) is 2.04. The number of anilines is 1. The Morgan fingerprint density at radius 2 is 2.25 bits per heavy atom. The average molecular weight is 238 g/mol. The number of aromatic nitrogens is 2. The molecule has 2 aromatic rings. The van der Waals surface area contributed by atoms with E-state index in [-0.39, 0.29) is 0 Å². The Balaban J connectivity index is 2.28. The molecule has 0 spiro atoms. The second-order valence-corrected chi connectivity index (χ2v) is 5.18. The third-order valence-corrected chi connectivity index (χ3v) is 2.92. The first kappa shape index (κ1) is 11.1. The fourth-order valence-corrected chi connectivity index (χ4v) is 2.19. The molecule has 0 aliphatic rings. The SMILES string of the molecule is Cc1cc(-c2nc(CN(C)C)no2)c(N)s1. The van der Waals surface area contributed by atoms with Crippen LogP contribution in [-0.2, 0) is 6.54 Å². The first-order chi connectivity index (χ1) is 7.56. The van der Waals surface area contributed by atoms with Crippen LogP contribution in [0.1, 0.15) is 10.7 Å². The molecule has 86 valence electrons. The number of rotatable bonds is 3. The van der Waals surface area contributed by atoms with Gasteiger partial charge in [0, 0.05) is 4.88 Å². The molecule has 0 saturated carbocycles. The Morgan fingerprint density at radius 1 is 1.50 bits per heavy atom. The van der Waals surface area contributed by atoms with Gasteiger partial charge in [0.25, 0.3) is 5.89 Å². The third kappa shape index (κ3) is 2.23. The van der Waals surface area contributed by atoms with Gasteiger partial charge in [0.2, 0.25) is 0 Å². The lowest BCUT2D eigenvalue weighted by Crippen LogP contribution is -2.11. The summed E-state index contributed by atoms with van der Waals surface area (Å²) in [4.78, 5) is 7.42. The molecule has 0 amide bonds. The highest BCUT2D eigenvalue weighted by Gasteiger charge is 2.14. The van der Waals surface area contributed by atoms with Crippen LogP contribution in [0.3, 0.4) is 0 Å². The summed E-state index contributed by atoms with van der Waals surface area (Å²) < 4.78 is 5.18. The van der Waals surface area contributed by atoms with E-state index in [0.29, 0.717) is 18.3 Å². The molecule has 0 aliphatic heterocycles. The van der Waals surface area contributed by atoms with E-state index in [1.807, 2.05) is 32.0 Å². The van der Waals surface area contributed by atoms with Crippen LogP contribution in [0.2, 0.25) is 0 Å². The molecular formula is C10H14N4OS. The number of thiophene rings is 1. The Labute approximate surface area is 97.9 Å². The largest absolute Gasteiger partial charge is 0.390 e. The minimum atomic E-state index is 0.499. The zero-order chi connectivity index (χ0) is 11.7. The quantitative estimate of drug-likeness (QED) is 0.882. The summed E-state index contributed by atoms with van der Waals surface area (Å²) in [6, 6.07) is 1.97. The van der Waals surface area contributed by atoms with E-state index in [9.17, 15) is 0 Å². The summed E-state index contributed by atoms with van der Waals surface area (Å²) in [5, 5.41) is 4.62. The number of nitrogens with zero attached hydrogens (tertiary/aromatic N) is 3. The molecule has 0 atom stereocenters. The predicted octanol–water partition coefficient (Wildman–Crippen LogP) is 1.75. The molecule has 2 N–H and O–H groups in total. The van der Waals surface area contributed by atoms with Crippen LogP contribution in [-0.4, -0.2) is 29.1 Å². The molecule has 2 rings (SSSR count). The predicted molar refractivity (Wildman–Crippen MR) is 64.2 cm³/mol. The molecule has 2 heterocycles. The van der Waals surface area contributed by atoms with Crippen molar-refractivity contribution in [3.63, 3.8) is 0 Å². The maximum absolute atomic E-state index is 5.86. The minimum Gasteiger partial charge on any atom is -0.390 e. The number of hydrogen-bond acceptors (Lipinski definition) is 6. The molecule has 0 unspecified atom stereocenters. The Morgan fingerprint density at radius 3 is 2.81 bits per heavy atom. The van der Waals surface area contributed by atoms with Gasteiger partial charge in [-0.15, -0.1) is 11.3 Å². The molecule has 2 aromatic heterocycles. The summed E-state index contributed by atoms with van der Waals surface area (Å²) in [5.41, 5.74) is 6.70. The second kappa shape index (κ2) is 4.23. The fraction of sp³-hybridized carbons (Fsp3) is 0.400. The Kier molecular flexibility index (Phi) is 2.93. The highest BCUT2D eigenvalue weighted by atomic mass is 32.1. The molecule has 0 bridgehead atoms. The van der Waals surface area contributed by atoms with Gasteiger partial charge in [0.05, 0.1) is 17.1 Å². The second-order valence-electron chi connectivity index (χ2n) is 3.89. The number of hydrogen-bond donors (Lipinski definition) is 1. The van der Waals surface area contributed by atoms with E-state index in [2.05, 4.69) is 10.1 Å². The number of nitrogens with two attached hydrogens (primary N) is 1. The highest BCUT2D eigenvalue weighted by Crippen LogP contribution is 2.32. The van der Waals surface area contributed by atoms with Gasteiger partial charge in [0.1, 0.15) is 0 Å². The van der Waals surface area contributed by atoms with E-state index >= 15 is 0 Å². The summed E-state index contributed by atoms with van der Waals surface area (Å²) in [6.07, 6.45) is 0. The van der Waals surface area contributed by atoms with Crippen molar-refractivity contribution in [3.05, 3.63) is 16.8 Å². The van der Waals surface area contributed by atoms with Gasteiger partial charge < -0.3 is 15.2 Å². The first-order valence-corrected chi connectivity index (χ1v) is 5.71. The molecule has 0 aliphatic carbocycles. The van der Waals surface area contributed by atoms with Gasteiger partial charge in [-0.25, -0.2) is 0 Å². The Bertz CT molecular complexity index is 489. The average Bonchev–Trinajstić information content (AvgIpc) is 2.72. The van der Waals surface area contributed by atoms with E-state index in [1.165, 1.54) is 11.3 Å². The van der Waals surface area contributed by atoms with Gasteiger partial charge in [0.15, 0.2) is 5.82 Å². The van der Waals surface area contributed by atoms with Gasteiger partial charge in [-0.2, -0.15) is 4.98 Å². The van der Waals surface area contributed by atoms with Gasteiger partial charge in [-0.3, -0.25) is 0 Å². The van der Waals surface area contributed by atoms with Crippen LogP contribution in [0.15, 0.2) is 10.6 Å². The zero-order valence-electron chi connectivity index (χ0n) is 9.52. The lowest BCUT2D eigenvalue weighted by molar-refractivity contribution is 0.365. The van der Waals surface area contributed by atoms with Crippen molar-refractivity contribution >= 4 is 16.3 Å². The van der Waals surface area contributed by atoms with Crippen molar-refractivity contribution in [1.29, 1.82) is 0 Å². The van der Waals surface area contributed by atoms with E-state index in [0.717, 1.165) is 15.4 Å². The van der Waals surface area contributed by atoms with E-state index < -0.39 is 0 Å². The summed E-state index contributed by atoms with van der Waals surface area (Å²) >= 11 is 1.53. The smallest absolute Gasteiger partial charge is 0.260 e. The maximum atomic E-state index is 5.86. The molecule has 5 nitrogen and oxygen atoms in total. The molecular weight excluding hydrogens is 224 g/mol. The van der Waals surface area contributed by atoms with Crippen molar-refractivity contribution in [2.45, 2.75) is 13.5 Å². The topological polar surface area (TPSA) is 68.2 Å². The summed E-state index contributed by atoms with van der Waals surface area (Å²) in [6.45, 7) is 2.66. The van der Waals surface area contributed by atoms with Gasteiger partial charge in [-0.1, -0.05) is 5.16 Å². The molecule has 6 heteroatoms. The van der Waals surface area contributed by atoms with Crippen LogP contribution < -0.4 is 5.73 Å². The van der Waals surface area contributed by atoms with Crippen LogP contribution in [0, 0.1) is 6.92 Å². The number of nitrogen functional groups attached to an aromatic ring is 1. The van der Waals surface area contributed by atoms with Crippen LogP contribution in [0.25, 0.3) is 11.5 Å². The van der Waals surface area contributed by atoms with Crippen molar-refractivity contribution in [1.82, 2.24) is 15.0 Å². The number of aryl methyl sites for hydroxylation is 1. The lowest BCUT2D eigenvalue weighted by atomic mass is 10.3. The fourth-order valence-electron chi connectivity index (χ4n) is 1.41. The van der Waals surface area contributed by atoms with Crippen LogP contribution in [0.4, 0.5) is 5.00 Å². The zero-order valence-corrected chi connectivity index (χ0v) is 10.3. The van der Waals surface area contributed by atoms with Crippen molar-refractivity contribution in [2.24, 2.45) is 0 Å².